The van der Waals surface area contributed by atoms with Crippen LogP contribution in [-0.2, 0) is 0 Å². The van der Waals surface area contributed by atoms with Gasteiger partial charge in [-0.1, -0.05) is 12.1 Å². The molecule has 29 heavy (non-hydrogen) atoms. The summed E-state index contributed by atoms with van der Waals surface area (Å²) < 4.78 is 11.2. The first kappa shape index (κ1) is 17.8. The molecule has 2 aromatic carbocycles. The molecule has 0 spiro atoms. The van der Waals surface area contributed by atoms with E-state index in [0.717, 1.165) is 52.9 Å². The fraction of sp³-hybridized carbons (Fsp3) is 0.304. The summed E-state index contributed by atoms with van der Waals surface area (Å²) in [5.74, 6) is 2.26. The summed E-state index contributed by atoms with van der Waals surface area (Å²) in [6.45, 7) is 3.30. The summed E-state index contributed by atoms with van der Waals surface area (Å²) in [6, 6.07) is 13.6. The maximum absolute atomic E-state index is 13.3. The Bertz CT molecular complexity index is 1170. The molecule has 1 aliphatic heterocycles. The Labute approximate surface area is 168 Å². The number of aryl methyl sites for hydroxylation is 1. The third-order valence-electron chi connectivity index (χ3n) is 5.84. The van der Waals surface area contributed by atoms with Crippen LogP contribution in [0.25, 0.3) is 22.0 Å². The number of para-hydroxylation sites is 2. The fourth-order valence-corrected chi connectivity index (χ4v) is 4.23. The van der Waals surface area contributed by atoms with Gasteiger partial charge in [0.1, 0.15) is 17.2 Å². The number of amides is 1. The van der Waals surface area contributed by atoms with Crippen LogP contribution in [0, 0.1) is 6.92 Å². The second-order valence-electron chi connectivity index (χ2n) is 7.65. The number of H-pyrrole nitrogens is 1. The quantitative estimate of drug-likeness (QED) is 0.554. The molecule has 0 saturated carbocycles. The molecule has 1 fully saturated rings. The minimum absolute atomic E-state index is 0.0570. The normalized spacial score (nSPS) is 17.2. The number of carbonyl (C=O) groups excluding carboxylic acids is 1. The Kier molecular flexibility index (Phi) is 4.27. The van der Waals surface area contributed by atoms with E-state index in [9.17, 15) is 4.79 Å². The first-order valence-electron chi connectivity index (χ1n) is 9.95. The number of benzene rings is 2. The molecule has 1 aliphatic rings. The van der Waals surface area contributed by atoms with E-state index >= 15 is 0 Å². The number of nitrogens with one attached hydrogen (secondary N) is 1. The number of methoxy groups -OCH3 is 1. The van der Waals surface area contributed by atoms with Crippen LogP contribution in [0.2, 0.25) is 0 Å². The Hall–Kier alpha value is -3.28. The van der Waals surface area contributed by atoms with E-state index in [1.165, 1.54) is 0 Å². The number of hydrogen-bond acceptors (Lipinski definition) is 4. The first-order valence-corrected chi connectivity index (χ1v) is 9.95. The van der Waals surface area contributed by atoms with Gasteiger partial charge in [0.05, 0.1) is 18.1 Å². The predicted molar refractivity (Wildman–Crippen MR) is 111 cm³/mol. The zero-order valence-electron chi connectivity index (χ0n) is 16.6. The molecule has 3 heterocycles. The van der Waals surface area contributed by atoms with Gasteiger partial charge in [0, 0.05) is 30.0 Å². The third-order valence-corrected chi connectivity index (χ3v) is 5.84. The standard InChI is InChI=1S/C23H23N3O3/c1-14-17-12-16(28-2)9-10-20(17)29-21(14)23(27)26-11-5-6-15(13-26)22-24-18-7-3-4-8-19(18)25-22/h3-4,7-10,12,15H,5-6,11,13H2,1-2H3,(H,24,25)/t15-/m0/s1. The van der Waals surface area contributed by atoms with Crippen molar-refractivity contribution >= 4 is 27.9 Å². The van der Waals surface area contributed by atoms with Gasteiger partial charge in [0.25, 0.3) is 5.91 Å². The average Bonchev–Trinajstić information content (AvgIpc) is 3.34. The number of aromatic amines is 1. The highest BCUT2D eigenvalue weighted by atomic mass is 16.5. The van der Waals surface area contributed by atoms with Gasteiger partial charge >= 0.3 is 0 Å². The maximum Gasteiger partial charge on any atom is 0.289 e. The number of piperidine rings is 1. The lowest BCUT2D eigenvalue weighted by atomic mass is 9.97. The molecule has 0 unspecified atom stereocenters. The van der Waals surface area contributed by atoms with Gasteiger partial charge < -0.3 is 19.0 Å². The van der Waals surface area contributed by atoms with Crippen LogP contribution in [0.3, 0.4) is 0 Å². The lowest BCUT2D eigenvalue weighted by Gasteiger charge is -2.31. The molecule has 1 N–H and O–H groups in total. The van der Waals surface area contributed by atoms with E-state index < -0.39 is 0 Å². The topological polar surface area (TPSA) is 71.4 Å². The van der Waals surface area contributed by atoms with Crippen molar-refractivity contribution in [1.82, 2.24) is 14.9 Å². The molecule has 1 saturated heterocycles. The summed E-state index contributed by atoms with van der Waals surface area (Å²) in [6.07, 6.45) is 1.96. The summed E-state index contributed by atoms with van der Waals surface area (Å²) in [7, 11) is 1.63. The van der Waals surface area contributed by atoms with Crippen molar-refractivity contribution < 1.29 is 13.9 Å². The van der Waals surface area contributed by atoms with Crippen molar-refractivity contribution in [3.05, 3.63) is 59.6 Å². The van der Waals surface area contributed by atoms with E-state index in [4.69, 9.17) is 14.1 Å². The largest absolute Gasteiger partial charge is 0.497 e. The summed E-state index contributed by atoms with van der Waals surface area (Å²) in [5, 5.41) is 0.915. The minimum atomic E-state index is -0.0570. The van der Waals surface area contributed by atoms with Crippen LogP contribution in [0.1, 0.15) is 40.7 Å². The molecular formula is C23H23N3O3. The SMILES string of the molecule is COc1ccc2oc(C(=O)N3CCC[C@H](c4nc5ccccc5[nH]4)C3)c(C)c2c1. The number of imidazole rings is 1. The second kappa shape index (κ2) is 6.95. The smallest absolute Gasteiger partial charge is 0.289 e. The van der Waals surface area contributed by atoms with Crippen LogP contribution in [-0.4, -0.2) is 41.0 Å². The van der Waals surface area contributed by atoms with Crippen molar-refractivity contribution in [2.75, 3.05) is 20.2 Å². The summed E-state index contributed by atoms with van der Waals surface area (Å²) in [4.78, 5) is 23.3. The number of rotatable bonds is 3. The number of likely N-dealkylation sites (tertiary alicyclic amines) is 1. The number of ether oxygens (including phenoxy) is 1. The van der Waals surface area contributed by atoms with E-state index in [1.807, 2.05) is 54.3 Å². The van der Waals surface area contributed by atoms with Gasteiger partial charge in [-0.3, -0.25) is 4.79 Å². The maximum atomic E-state index is 13.3. The molecule has 1 amide bonds. The van der Waals surface area contributed by atoms with Crippen LogP contribution >= 0.6 is 0 Å². The zero-order chi connectivity index (χ0) is 20.0. The molecule has 6 heteroatoms. The Morgan fingerprint density at radius 2 is 2.14 bits per heavy atom. The van der Waals surface area contributed by atoms with Crippen molar-refractivity contribution in [3.63, 3.8) is 0 Å². The van der Waals surface area contributed by atoms with Crippen LogP contribution < -0.4 is 4.74 Å². The number of nitrogens with zero attached hydrogens (tertiary/aromatic N) is 2. The van der Waals surface area contributed by atoms with E-state index in [2.05, 4.69) is 4.98 Å². The monoisotopic (exact) mass is 389 g/mol. The Balaban J connectivity index is 1.42. The number of aromatic nitrogens is 2. The van der Waals surface area contributed by atoms with Crippen LogP contribution in [0.15, 0.2) is 46.9 Å². The van der Waals surface area contributed by atoms with Gasteiger partial charge in [0.2, 0.25) is 0 Å². The summed E-state index contributed by atoms with van der Waals surface area (Å²) in [5.41, 5.74) is 3.56. The second-order valence-corrected chi connectivity index (χ2v) is 7.65. The van der Waals surface area contributed by atoms with Crippen molar-refractivity contribution in [1.29, 1.82) is 0 Å². The highest BCUT2D eigenvalue weighted by Gasteiger charge is 2.30. The molecule has 0 radical (unpaired) electrons. The van der Waals surface area contributed by atoms with Crippen molar-refractivity contribution in [2.24, 2.45) is 0 Å². The van der Waals surface area contributed by atoms with Crippen molar-refractivity contribution in [3.8, 4) is 5.75 Å². The van der Waals surface area contributed by atoms with E-state index in [1.54, 1.807) is 7.11 Å². The molecule has 0 aliphatic carbocycles. The molecule has 0 bridgehead atoms. The highest BCUT2D eigenvalue weighted by Crippen LogP contribution is 2.32. The molecule has 148 valence electrons. The number of carbonyl (C=O) groups is 1. The van der Waals surface area contributed by atoms with Gasteiger partial charge in [-0.2, -0.15) is 0 Å². The number of fused-ring (bicyclic) bond motifs is 2. The first-order chi connectivity index (χ1) is 14.1. The molecule has 4 aromatic rings. The lowest BCUT2D eigenvalue weighted by Crippen LogP contribution is -2.39. The molecule has 6 nitrogen and oxygen atoms in total. The zero-order valence-corrected chi connectivity index (χ0v) is 16.6. The summed E-state index contributed by atoms with van der Waals surface area (Å²) >= 11 is 0. The van der Waals surface area contributed by atoms with Gasteiger partial charge in [0.15, 0.2) is 5.76 Å². The van der Waals surface area contributed by atoms with Crippen LogP contribution in [0.5, 0.6) is 5.75 Å². The number of hydrogen-bond donors (Lipinski definition) is 1. The number of furan rings is 1. The lowest BCUT2D eigenvalue weighted by molar-refractivity contribution is 0.0674. The average molecular weight is 389 g/mol. The van der Waals surface area contributed by atoms with Crippen molar-refractivity contribution in [2.45, 2.75) is 25.7 Å². The fourth-order valence-electron chi connectivity index (χ4n) is 4.23. The molecule has 1 atom stereocenters. The molecule has 5 rings (SSSR count). The van der Waals surface area contributed by atoms with Gasteiger partial charge in [-0.15, -0.1) is 0 Å². The van der Waals surface area contributed by atoms with E-state index in [0.29, 0.717) is 17.9 Å². The molecular weight excluding hydrogens is 366 g/mol. The van der Waals surface area contributed by atoms with Gasteiger partial charge in [-0.05, 0) is 50.1 Å². The third kappa shape index (κ3) is 3.05. The van der Waals surface area contributed by atoms with Crippen LogP contribution in [0.4, 0.5) is 0 Å². The Morgan fingerprint density at radius 1 is 1.28 bits per heavy atom. The predicted octanol–water partition coefficient (Wildman–Crippen LogP) is 4.65. The highest BCUT2D eigenvalue weighted by molar-refractivity contribution is 5.99. The van der Waals surface area contributed by atoms with Gasteiger partial charge in [-0.25, -0.2) is 4.98 Å². The minimum Gasteiger partial charge on any atom is -0.497 e. The van der Waals surface area contributed by atoms with E-state index in [-0.39, 0.29) is 11.8 Å². The Morgan fingerprint density at radius 3 is 2.97 bits per heavy atom. The molecule has 2 aromatic heterocycles.